The van der Waals surface area contributed by atoms with Crippen LogP contribution in [0.1, 0.15) is 26.1 Å². The van der Waals surface area contributed by atoms with Crippen LogP contribution in [0.2, 0.25) is 0 Å². The second-order valence-electron chi connectivity index (χ2n) is 4.85. The van der Waals surface area contributed by atoms with E-state index in [1.807, 2.05) is 0 Å². The number of imidazole rings is 1. The first-order chi connectivity index (χ1) is 8.36. The van der Waals surface area contributed by atoms with Crippen LogP contribution in [0.15, 0.2) is 0 Å². The van der Waals surface area contributed by atoms with Crippen molar-refractivity contribution in [3.05, 3.63) is 15.9 Å². The summed E-state index contributed by atoms with van der Waals surface area (Å²) >= 11 is 0. The molecule has 1 aromatic rings. The zero-order valence-electron chi connectivity index (χ0n) is 11.3. The number of hydrogen-bond acceptors (Lipinski definition) is 5. The van der Waals surface area contributed by atoms with E-state index in [-0.39, 0.29) is 11.9 Å². The number of nitrogens with one attached hydrogen (secondary N) is 1. The van der Waals surface area contributed by atoms with Gasteiger partial charge in [-0.1, -0.05) is 13.8 Å². The van der Waals surface area contributed by atoms with E-state index in [1.165, 1.54) is 0 Å². The van der Waals surface area contributed by atoms with Crippen molar-refractivity contribution in [3.63, 3.8) is 0 Å². The lowest BCUT2D eigenvalue weighted by atomic mass is 10.0. The molecule has 0 aliphatic heterocycles. The maximum absolute atomic E-state index is 10.9. The number of aromatic nitrogens is 2. The highest BCUT2D eigenvalue weighted by molar-refractivity contribution is 5.54. The molecule has 18 heavy (non-hydrogen) atoms. The van der Waals surface area contributed by atoms with Crippen LogP contribution in [0.3, 0.4) is 0 Å². The summed E-state index contributed by atoms with van der Waals surface area (Å²) in [6, 6.07) is 0.0125. The maximum Gasteiger partial charge on any atom is 0.406 e. The van der Waals surface area contributed by atoms with E-state index >= 15 is 0 Å². The van der Waals surface area contributed by atoms with Crippen molar-refractivity contribution in [1.29, 1.82) is 0 Å². The minimum atomic E-state index is -0.474. The van der Waals surface area contributed by atoms with E-state index < -0.39 is 4.92 Å². The molecular formula is C11H21N5O2. The van der Waals surface area contributed by atoms with E-state index in [9.17, 15) is 10.1 Å². The number of anilines is 1. The third-order valence-corrected chi connectivity index (χ3v) is 2.85. The molecule has 0 spiro atoms. The topological polar surface area (TPSA) is 99.0 Å². The zero-order chi connectivity index (χ0) is 13.9. The average Bonchev–Trinajstić information content (AvgIpc) is 2.55. The Morgan fingerprint density at radius 3 is 2.61 bits per heavy atom. The Bertz CT molecular complexity index is 427. The van der Waals surface area contributed by atoms with Crippen molar-refractivity contribution in [3.8, 4) is 0 Å². The summed E-state index contributed by atoms with van der Waals surface area (Å²) in [7, 11) is 1.75. The molecule has 0 radical (unpaired) electrons. The predicted molar refractivity (Wildman–Crippen MR) is 70.5 cm³/mol. The van der Waals surface area contributed by atoms with Gasteiger partial charge in [0.25, 0.3) is 0 Å². The number of nitro groups is 1. The molecule has 102 valence electrons. The van der Waals surface area contributed by atoms with Crippen molar-refractivity contribution in [2.24, 2.45) is 18.7 Å². The molecule has 7 heteroatoms. The van der Waals surface area contributed by atoms with Gasteiger partial charge in [-0.3, -0.25) is 4.57 Å². The Kier molecular flexibility index (Phi) is 4.66. The van der Waals surface area contributed by atoms with E-state index in [1.54, 1.807) is 18.5 Å². The molecule has 1 atom stereocenters. The lowest BCUT2D eigenvalue weighted by Crippen LogP contribution is -2.31. The van der Waals surface area contributed by atoms with Gasteiger partial charge in [-0.25, -0.2) is 0 Å². The van der Waals surface area contributed by atoms with Crippen LogP contribution in [0, 0.1) is 23.0 Å². The number of rotatable bonds is 6. The summed E-state index contributed by atoms with van der Waals surface area (Å²) in [5, 5.41) is 14.1. The monoisotopic (exact) mass is 255 g/mol. The van der Waals surface area contributed by atoms with Crippen molar-refractivity contribution in [2.75, 3.05) is 11.9 Å². The van der Waals surface area contributed by atoms with E-state index in [0.29, 0.717) is 24.1 Å². The van der Waals surface area contributed by atoms with Crippen molar-refractivity contribution in [2.45, 2.75) is 33.2 Å². The molecule has 0 saturated carbocycles. The molecule has 1 aromatic heterocycles. The smallest absolute Gasteiger partial charge is 0.360 e. The van der Waals surface area contributed by atoms with E-state index in [0.717, 1.165) is 6.42 Å². The molecule has 0 amide bonds. The molecular weight excluding hydrogens is 234 g/mol. The molecule has 7 nitrogen and oxygen atoms in total. The standard InChI is InChI=1S/C11H21N5O2/c1-7(2)5-9(6-12)14-10-11(16(17)18)13-8(3)15(10)4/h7,9,14H,5-6,12H2,1-4H3. The normalized spacial score (nSPS) is 12.8. The first kappa shape index (κ1) is 14.4. The quantitative estimate of drug-likeness (QED) is 0.591. The summed E-state index contributed by atoms with van der Waals surface area (Å²) in [4.78, 5) is 14.4. The Morgan fingerprint density at radius 1 is 1.56 bits per heavy atom. The highest BCUT2D eigenvalue weighted by Crippen LogP contribution is 2.25. The van der Waals surface area contributed by atoms with Gasteiger partial charge in [-0.05, 0) is 22.2 Å². The first-order valence-electron chi connectivity index (χ1n) is 6.01. The second kappa shape index (κ2) is 5.81. The highest BCUT2D eigenvalue weighted by atomic mass is 16.6. The number of hydrogen-bond donors (Lipinski definition) is 2. The van der Waals surface area contributed by atoms with Crippen LogP contribution in [-0.4, -0.2) is 27.1 Å². The lowest BCUT2D eigenvalue weighted by Gasteiger charge is -2.19. The molecule has 0 saturated heterocycles. The molecule has 1 heterocycles. The summed E-state index contributed by atoms with van der Waals surface area (Å²) in [6.45, 7) is 6.35. The van der Waals surface area contributed by atoms with Crippen molar-refractivity contribution < 1.29 is 4.92 Å². The Labute approximate surface area is 107 Å². The van der Waals surface area contributed by atoms with Gasteiger partial charge >= 0.3 is 5.82 Å². The van der Waals surface area contributed by atoms with Gasteiger partial charge < -0.3 is 21.2 Å². The van der Waals surface area contributed by atoms with E-state index in [4.69, 9.17) is 5.73 Å². The Hall–Kier alpha value is -1.63. The van der Waals surface area contributed by atoms with Crippen LogP contribution in [0.4, 0.5) is 11.6 Å². The molecule has 0 aliphatic rings. The number of nitrogens with zero attached hydrogens (tertiary/aromatic N) is 3. The molecule has 1 unspecified atom stereocenters. The van der Waals surface area contributed by atoms with Crippen molar-refractivity contribution >= 4 is 11.6 Å². The first-order valence-corrected chi connectivity index (χ1v) is 6.01. The minimum absolute atomic E-state index is 0.0125. The van der Waals surface area contributed by atoms with Crippen LogP contribution in [0.5, 0.6) is 0 Å². The molecule has 0 aliphatic carbocycles. The highest BCUT2D eigenvalue weighted by Gasteiger charge is 2.25. The fourth-order valence-corrected chi connectivity index (χ4v) is 1.86. The van der Waals surface area contributed by atoms with Crippen LogP contribution < -0.4 is 11.1 Å². The van der Waals surface area contributed by atoms with Gasteiger partial charge in [0.1, 0.15) is 0 Å². The maximum atomic E-state index is 10.9. The van der Waals surface area contributed by atoms with E-state index in [2.05, 4.69) is 24.1 Å². The fourth-order valence-electron chi connectivity index (χ4n) is 1.86. The zero-order valence-corrected chi connectivity index (χ0v) is 11.3. The largest absolute Gasteiger partial charge is 0.406 e. The van der Waals surface area contributed by atoms with Crippen LogP contribution in [-0.2, 0) is 7.05 Å². The van der Waals surface area contributed by atoms with Gasteiger partial charge in [-0.15, -0.1) is 0 Å². The summed E-state index contributed by atoms with van der Waals surface area (Å²) in [5.74, 6) is 1.36. The lowest BCUT2D eigenvalue weighted by molar-refractivity contribution is -0.388. The van der Waals surface area contributed by atoms with Gasteiger partial charge in [0.05, 0.1) is 0 Å². The molecule has 0 aromatic carbocycles. The number of nitrogens with two attached hydrogens (primary N) is 1. The van der Waals surface area contributed by atoms with Gasteiger partial charge in [-0.2, -0.15) is 0 Å². The Morgan fingerprint density at radius 2 is 2.17 bits per heavy atom. The molecule has 1 rings (SSSR count). The van der Waals surface area contributed by atoms with Crippen LogP contribution >= 0.6 is 0 Å². The third kappa shape index (κ3) is 3.19. The Balaban J connectivity index is 2.97. The number of aryl methyl sites for hydroxylation is 1. The minimum Gasteiger partial charge on any atom is -0.360 e. The predicted octanol–water partition coefficient (Wildman–Crippen LogP) is 1.42. The SMILES string of the molecule is Cc1nc([N+](=O)[O-])c(NC(CN)CC(C)C)n1C. The third-order valence-electron chi connectivity index (χ3n) is 2.85. The average molecular weight is 255 g/mol. The molecule has 0 fully saturated rings. The van der Waals surface area contributed by atoms with Gasteiger partial charge in [0.15, 0.2) is 0 Å². The van der Waals surface area contributed by atoms with Crippen LogP contribution in [0.25, 0.3) is 0 Å². The summed E-state index contributed by atoms with van der Waals surface area (Å²) in [6.07, 6.45) is 0.859. The van der Waals surface area contributed by atoms with Gasteiger partial charge in [0, 0.05) is 26.6 Å². The van der Waals surface area contributed by atoms with Crippen molar-refractivity contribution in [1.82, 2.24) is 9.55 Å². The second-order valence-corrected chi connectivity index (χ2v) is 4.85. The summed E-state index contributed by atoms with van der Waals surface area (Å²) < 4.78 is 1.68. The van der Waals surface area contributed by atoms with Gasteiger partial charge in [0.2, 0.25) is 11.6 Å². The fraction of sp³-hybridized carbons (Fsp3) is 0.727. The molecule has 3 N–H and O–H groups in total. The molecule has 0 bridgehead atoms. The summed E-state index contributed by atoms with van der Waals surface area (Å²) in [5.41, 5.74) is 5.69.